The summed E-state index contributed by atoms with van der Waals surface area (Å²) < 4.78 is 20.8. The zero-order valence-corrected chi connectivity index (χ0v) is 23.0. The van der Waals surface area contributed by atoms with Crippen molar-refractivity contribution in [3.63, 3.8) is 0 Å². The van der Waals surface area contributed by atoms with Gasteiger partial charge >= 0.3 is 12.0 Å². The van der Waals surface area contributed by atoms with Crippen molar-refractivity contribution in [2.45, 2.75) is 44.2 Å². The first-order valence-electron chi connectivity index (χ1n) is 13.7. The normalized spacial score (nSPS) is 22.7. The highest BCUT2D eigenvalue weighted by molar-refractivity contribution is 5.95. The maximum Gasteiger partial charge on any atom is 0.335 e. The van der Waals surface area contributed by atoms with Gasteiger partial charge in [0.05, 0.1) is 18.3 Å². The Labute approximate surface area is 245 Å². The summed E-state index contributed by atoms with van der Waals surface area (Å²) in [4.78, 5) is 49.6. The Morgan fingerprint density at radius 1 is 0.930 bits per heavy atom. The van der Waals surface area contributed by atoms with E-state index >= 15 is 0 Å². The zero-order valence-electron chi connectivity index (χ0n) is 23.0. The van der Waals surface area contributed by atoms with Gasteiger partial charge in [-0.1, -0.05) is 48.5 Å². The van der Waals surface area contributed by atoms with Crippen LogP contribution in [0.2, 0.25) is 0 Å². The van der Waals surface area contributed by atoms with Crippen molar-refractivity contribution in [1.29, 1.82) is 0 Å². The highest BCUT2D eigenvalue weighted by atomic mass is 16.8. The SMILES string of the molecule is CCNC(=O)Nc1ncnc2c1ncn2C1OC(CNC(=O)Cc2ccccc2C(=O)O)C2O[C@H](c3ccccc3)OC21. The second-order valence-electron chi connectivity index (χ2n) is 9.98. The number of aromatic carboxylic acids is 1. The molecule has 3 amide bonds. The van der Waals surface area contributed by atoms with E-state index in [4.69, 9.17) is 14.2 Å². The van der Waals surface area contributed by atoms with Gasteiger partial charge in [-0.15, -0.1) is 0 Å². The average Bonchev–Trinajstić information content (AvgIpc) is 3.71. The monoisotopic (exact) mass is 587 g/mol. The molecule has 14 heteroatoms. The van der Waals surface area contributed by atoms with E-state index in [1.54, 1.807) is 29.7 Å². The van der Waals surface area contributed by atoms with Crippen LogP contribution in [0.3, 0.4) is 0 Å². The maximum atomic E-state index is 12.9. The Kier molecular flexibility index (Phi) is 7.96. The fraction of sp³-hybridized carbons (Fsp3) is 0.310. The number of aromatic nitrogens is 4. The van der Waals surface area contributed by atoms with Crippen LogP contribution in [0.1, 0.15) is 40.9 Å². The molecule has 2 aliphatic rings. The number of ether oxygens (including phenoxy) is 3. The Morgan fingerprint density at radius 3 is 2.49 bits per heavy atom. The summed E-state index contributed by atoms with van der Waals surface area (Å²) in [6, 6.07) is 15.4. The summed E-state index contributed by atoms with van der Waals surface area (Å²) >= 11 is 0. The molecule has 14 nitrogen and oxygen atoms in total. The van der Waals surface area contributed by atoms with E-state index in [1.165, 1.54) is 18.7 Å². The summed E-state index contributed by atoms with van der Waals surface area (Å²) in [5.74, 6) is -1.23. The molecule has 0 bridgehead atoms. The summed E-state index contributed by atoms with van der Waals surface area (Å²) in [6.07, 6.45) is -0.419. The minimum absolute atomic E-state index is 0.0723. The third-order valence-corrected chi connectivity index (χ3v) is 7.22. The third kappa shape index (κ3) is 5.75. The van der Waals surface area contributed by atoms with Gasteiger partial charge in [0.15, 0.2) is 29.5 Å². The molecular formula is C29H29N7O7. The third-order valence-electron chi connectivity index (χ3n) is 7.22. The number of nitrogens with one attached hydrogen (secondary N) is 3. The molecule has 0 radical (unpaired) electrons. The van der Waals surface area contributed by atoms with Crippen LogP contribution in [0.5, 0.6) is 0 Å². The molecule has 4 aromatic rings. The molecule has 0 aliphatic carbocycles. The molecule has 6 rings (SSSR count). The molecule has 2 aromatic carbocycles. The van der Waals surface area contributed by atoms with Gasteiger partial charge in [0.25, 0.3) is 0 Å². The molecule has 4 N–H and O–H groups in total. The van der Waals surface area contributed by atoms with Crippen LogP contribution in [0.25, 0.3) is 11.2 Å². The number of amides is 3. The molecule has 4 heterocycles. The molecule has 2 fully saturated rings. The number of hydrogen-bond donors (Lipinski definition) is 4. The Balaban J connectivity index is 1.24. The van der Waals surface area contributed by atoms with Crippen molar-refractivity contribution >= 4 is 34.9 Å². The van der Waals surface area contributed by atoms with E-state index in [2.05, 4.69) is 30.9 Å². The van der Waals surface area contributed by atoms with E-state index in [1.807, 2.05) is 30.3 Å². The highest BCUT2D eigenvalue weighted by Gasteiger charge is 2.54. The molecule has 2 aliphatic heterocycles. The van der Waals surface area contributed by atoms with E-state index in [0.29, 0.717) is 23.3 Å². The fourth-order valence-electron chi connectivity index (χ4n) is 5.27. The summed E-state index contributed by atoms with van der Waals surface area (Å²) in [5, 5.41) is 17.6. The van der Waals surface area contributed by atoms with Gasteiger partial charge in [-0.25, -0.2) is 24.5 Å². The lowest BCUT2D eigenvalue weighted by molar-refractivity contribution is -0.147. The molecule has 2 saturated heterocycles. The van der Waals surface area contributed by atoms with E-state index in [0.717, 1.165) is 5.56 Å². The van der Waals surface area contributed by atoms with Gasteiger partial charge in [-0.05, 0) is 18.6 Å². The smallest absolute Gasteiger partial charge is 0.335 e. The van der Waals surface area contributed by atoms with E-state index < -0.39 is 42.8 Å². The lowest BCUT2D eigenvalue weighted by atomic mass is 10.0. The Morgan fingerprint density at radius 2 is 1.70 bits per heavy atom. The minimum atomic E-state index is -1.10. The van der Waals surface area contributed by atoms with Crippen molar-refractivity contribution < 1.29 is 33.7 Å². The quantitative estimate of drug-likeness (QED) is 0.227. The topological polar surface area (TPSA) is 179 Å². The average molecular weight is 588 g/mol. The summed E-state index contributed by atoms with van der Waals surface area (Å²) in [6.45, 7) is 2.33. The molecule has 2 aromatic heterocycles. The molecule has 43 heavy (non-hydrogen) atoms. The first-order chi connectivity index (χ1) is 20.9. The second kappa shape index (κ2) is 12.1. The van der Waals surface area contributed by atoms with Crippen LogP contribution in [0.15, 0.2) is 67.3 Å². The molecule has 0 saturated carbocycles. The van der Waals surface area contributed by atoms with Crippen molar-refractivity contribution in [2.75, 3.05) is 18.4 Å². The van der Waals surface area contributed by atoms with Gasteiger partial charge < -0.3 is 30.0 Å². The number of fused-ring (bicyclic) bond motifs is 2. The van der Waals surface area contributed by atoms with E-state index in [9.17, 15) is 19.5 Å². The first-order valence-corrected chi connectivity index (χ1v) is 13.7. The maximum absolute atomic E-state index is 12.9. The number of carbonyl (C=O) groups excluding carboxylic acids is 2. The number of carboxylic acids is 1. The minimum Gasteiger partial charge on any atom is -0.478 e. The lowest BCUT2D eigenvalue weighted by Crippen LogP contribution is -2.39. The van der Waals surface area contributed by atoms with Gasteiger partial charge in [-0.3, -0.25) is 14.7 Å². The Hall–Kier alpha value is -4.92. The van der Waals surface area contributed by atoms with Crippen molar-refractivity contribution in [3.05, 3.63) is 83.9 Å². The van der Waals surface area contributed by atoms with Crippen molar-refractivity contribution in [3.8, 4) is 0 Å². The standard InChI is InChI=1S/C29H29N7O7/c1-2-30-29(40)35-24-21-25(33-14-32-24)36(15-34-21)26-23-22(42-28(43-23)16-8-4-3-5-9-16)19(41-26)13-31-20(37)12-17-10-6-7-11-18(17)27(38)39/h3-11,14-15,19,22-23,26,28H,2,12-13H2,1H3,(H,31,37)(H,38,39)(H2,30,32,33,35,40)/t19?,22?,23?,26?,28-/m0/s1. The van der Waals surface area contributed by atoms with Gasteiger partial charge in [-0.2, -0.15) is 0 Å². The largest absolute Gasteiger partial charge is 0.478 e. The van der Waals surface area contributed by atoms with Crippen LogP contribution in [-0.4, -0.2) is 73.9 Å². The number of rotatable bonds is 9. The molecular weight excluding hydrogens is 558 g/mol. The predicted molar refractivity (Wildman–Crippen MR) is 151 cm³/mol. The molecule has 0 spiro atoms. The molecule has 222 valence electrons. The van der Waals surface area contributed by atoms with Crippen molar-refractivity contribution in [1.82, 2.24) is 30.2 Å². The summed E-state index contributed by atoms with van der Waals surface area (Å²) in [5.41, 5.74) is 2.08. The number of benzene rings is 2. The van der Waals surface area contributed by atoms with E-state index in [-0.39, 0.29) is 30.3 Å². The lowest BCUT2D eigenvalue weighted by Gasteiger charge is -2.21. The molecule has 5 atom stereocenters. The van der Waals surface area contributed by atoms with Crippen LogP contribution in [0, 0.1) is 0 Å². The van der Waals surface area contributed by atoms with Crippen LogP contribution in [-0.2, 0) is 25.4 Å². The summed E-state index contributed by atoms with van der Waals surface area (Å²) in [7, 11) is 0. The van der Waals surface area contributed by atoms with Crippen molar-refractivity contribution in [2.24, 2.45) is 0 Å². The van der Waals surface area contributed by atoms with Crippen LogP contribution >= 0.6 is 0 Å². The number of anilines is 1. The second-order valence-corrected chi connectivity index (χ2v) is 9.98. The van der Waals surface area contributed by atoms with Gasteiger partial charge in [0.1, 0.15) is 24.6 Å². The predicted octanol–water partition coefficient (Wildman–Crippen LogP) is 2.41. The number of carboxylic acid groups (broad SMARTS) is 1. The fourth-order valence-corrected chi connectivity index (χ4v) is 5.27. The number of carbonyl (C=O) groups is 3. The zero-order chi connectivity index (χ0) is 29.9. The number of nitrogens with zero attached hydrogens (tertiary/aromatic N) is 4. The van der Waals surface area contributed by atoms with Crippen LogP contribution in [0.4, 0.5) is 10.6 Å². The highest BCUT2D eigenvalue weighted by Crippen LogP contribution is 2.44. The molecule has 4 unspecified atom stereocenters. The van der Waals surface area contributed by atoms with Gasteiger partial charge in [0, 0.05) is 18.7 Å². The van der Waals surface area contributed by atoms with Crippen LogP contribution < -0.4 is 16.0 Å². The Bertz CT molecular complexity index is 1650. The van der Waals surface area contributed by atoms with Gasteiger partial charge in [0.2, 0.25) is 5.91 Å². The first kappa shape index (κ1) is 28.2. The number of imidazole rings is 1. The number of urea groups is 1. The number of hydrogen-bond acceptors (Lipinski definition) is 9.